The van der Waals surface area contributed by atoms with Crippen molar-refractivity contribution in [2.24, 2.45) is 10.9 Å². The molecule has 1 fully saturated rings. The number of carbonyl (C=O) groups excluding carboxylic acids is 1. The van der Waals surface area contributed by atoms with Crippen LogP contribution in [0.1, 0.15) is 39.2 Å². The second-order valence-corrected chi connectivity index (χ2v) is 8.43. The molecule has 29 heavy (non-hydrogen) atoms. The SMILES string of the molecule is CN=C(NCc1ccc2c(c1)OCO2)NCC1CCCN(C(=O)OC(C)(C)C)C1. The molecule has 160 valence electrons. The van der Waals surface area contributed by atoms with Gasteiger partial charge in [0.1, 0.15) is 5.60 Å². The van der Waals surface area contributed by atoms with Crippen LogP contribution in [0, 0.1) is 5.92 Å². The van der Waals surface area contributed by atoms with E-state index in [-0.39, 0.29) is 12.9 Å². The molecule has 3 rings (SSSR count). The summed E-state index contributed by atoms with van der Waals surface area (Å²) < 4.78 is 16.3. The molecule has 0 radical (unpaired) electrons. The Morgan fingerprint density at radius 2 is 2.07 bits per heavy atom. The van der Waals surface area contributed by atoms with Gasteiger partial charge in [-0.25, -0.2) is 4.79 Å². The van der Waals surface area contributed by atoms with Crippen molar-refractivity contribution in [3.8, 4) is 11.5 Å². The third-order valence-corrected chi connectivity index (χ3v) is 4.85. The Kier molecular flexibility index (Phi) is 6.71. The van der Waals surface area contributed by atoms with Crippen LogP contribution < -0.4 is 20.1 Å². The second kappa shape index (κ2) is 9.24. The van der Waals surface area contributed by atoms with Gasteiger partial charge in [0, 0.05) is 33.2 Å². The van der Waals surface area contributed by atoms with E-state index in [4.69, 9.17) is 14.2 Å². The zero-order chi connectivity index (χ0) is 20.9. The number of fused-ring (bicyclic) bond motifs is 1. The van der Waals surface area contributed by atoms with E-state index in [1.165, 1.54) is 0 Å². The largest absolute Gasteiger partial charge is 0.454 e. The lowest BCUT2D eigenvalue weighted by Crippen LogP contribution is -2.47. The van der Waals surface area contributed by atoms with E-state index < -0.39 is 5.60 Å². The summed E-state index contributed by atoms with van der Waals surface area (Å²) >= 11 is 0. The average molecular weight is 405 g/mol. The molecule has 1 aromatic carbocycles. The Morgan fingerprint density at radius 3 is 2.83 bits per heavy atom. The molecule has 0 aliphatic carbocycles. The minimum absolute atomic E-state index is 0.229. The minimum atomic E-state index is -0.469. The molecule has 1 amide bonds. The fourth-order valence-electron chi connectivity index (χ4n) is 3.42. The molecule has 2 heterocycles. The van der Waals surface area contributed by atoms with Gasteiger partial charge in [0.2, 0.25) is 6.79 Å². The van der Waals surface area contributed by atoms with Crippen LogP contribution in [-0.4, -0.2) is 56.0 Å². The van der Waals surface area contributed by atoms with E-state index in [9.17, 15) is 4.79 Å². The Labute approximate surface area is 172 Å². The molecule has 1 atom stereocenters. The third-order valence-electron chi connectivity index (χ3n) is 4.85. The molecule has 1 aromatic rings. The maximum Gasteiger partial charge on any atom is 0.410 e. The Bertz CT molecular complexity index is 745. The number of hydrogen-bond donors (Lipinski definition) is 2. The molecule has 8 heteroatoms. The van der Waals surface area contributed by atoms with E-state index in [1.54, 1.807) is 7.05 Å². The van der Waals surface area contributed by atoms with E-state index in [2.05, 4.69) is 15.6 Å². The zero-order valence-corrected chi connectivity index (χ0v) is 17.8. The topological polar surface area (TPSA) is 84.4 Å². The lowest BCUT2D eigenvalue weighted by atomic mass is 9.98. The molecule has 0 spiro atoms. The Morgan fingerprint density at radius 1 is 1.28 bits per heavy atom. The van der Waals surface area contributed by atoms with Gasteiger partial charge in [0.15, 0.2) is 17.5 Å². The van der Waals surface area contributed by atoms with Gasteiger partial charge < -0.3 is 29.7 Å². The smallest absolute Gasteiger partial charge is 0.410 e. The van der Waals surface area contributed by atoms with Gasteiger partial charge >= 0.3 is 6.09 Å². The van der Waals surface area contributed by atoms with Crippen molar-refractivity contribution in [3.63, 3.8) is 0 Å². The highest BCUT2D eigenvalue weighted by molar-refractivity contribution is 5.79. The van der Waals surface area contributed by atoms with Crippen molar-refractivity contribution in [3.05, 3.63) is 23.8 Å². The summed E-state index contributed by atoms with van der Waals surface area (Å²) in [6, 6.07) is 5.90. The monoisotopic (exact) mass is 404 g/mol. The summed E-state index contributed by atoms with van der Waals surface area (Å²) in [5.74, 6) is 2.65. The van der Waals surface area contributed by atoms with Crippen LogP contribution in [0.3, 0.4) is 0 Å². The lowest BCUT2D eigenvalue weighted by Gasteiger charge is -2.34. The van der Waals surface area contributed by atoms with Gasteiger partial charge in [0.05, 0.1) is 0 Å². The van der Waals surface area contributed by atoms with Gasteiger partial charge in [-0.05, 0) is 57.2 Å². The van der Waals surface area contributed by atoms with Crippen LogP contribution in [0.2, 0.25) is 0 Å². The quantitative estimate of drug-likeness (QED) is 0.593. The fraction of sp³-hybridized carbons (Fsp3) is 0.619. The van der Waals surface area contributed by atoms with E-state index in [1.807, 2.05) is 43.9 Å². The predicted octanol–water partition coefficient (Wildman–Crippen LogP) is 2.73. The normalized spacial score (nSPS) is 19.1. The molecule has 2 aliphatic rings. The summed E-state index contributed by atoms with van der Waals surface area (Å²) in [5.41, 5.74) is 0.620. The number of aliphatic imine (C=N–C) groups is 1. The Hall–Kier alpha value is -2.64. The molecule has 8 nitrogen and oxygen atoms in total. The van der Waals surface area contributed by atoms with E-state index >= 15 is 0 Å². The summed E-state index contributed by atoms with van der Waals surface area (Å²) in [5, 5.41) is 6.69. The Balaban J connectivity index is 1.44. The van der Waals surface area contributed by atoms with Crippen LogP contribution in [-0.2, 0) is 11.3 Å². The number of likely N-dealkylation sites (tertiary alicyclic amines) is 1. The number of nitrogens with one attached hydrogen (secondary N) is 2. The number of hydrogen-bond acceptors (Lipinski definition) is 5. The standard InChI is InChI=1S/C21H32N4O4/c1-21(2,3)29-20(26)25-9-5-6-16(13-25)12-24-19(22-4)23-11-15-7-8-17-18(10-15)28-14-27-17/h7-8,10,16H,5-6,9,11-14H2,1-4H3,(H2,22,23,24). The van der Waals surface area contributed by atoms with Gasteiger partial charge in [0.25, 0.3) is 0 Å². The average Bonchev–Trinajstić information content (AvgIpc) is 3.15. The lowest BCUT2D eigenvalue weighted by molar-refractivity contribution is 0.0168. The van der Waals surface area contributed by atoms with Crippen LogP contribution >= 0.6 is 0 Å². The van der Waals surface area contributed by atoms with Crippen LogP contribution in [0.4, 0.5) is 4.79 Å². The van der Waals surface area contributed by atoms with E-state index in [0.717, 1.165) is 49.0 Å². The van der Waals surface area contributed by atoms with Crippen molar-refractivity contribution in [2.75, 3.05) is 33.5 Å². The number of carbonyl (C=O) groups is 1. The van der Waals surface area contributed by atoms with Crippen LogP contribution in [0.25, 0.3) is 0 Å². The maximum atomic E-state index is 12.3. The van der Waals surface area contributed by atoms with Crippen LogP contribution in [0.15, 0.2) is 23.2 Å². The number of guanidine groups is 1. The number of benzene rings is 1. The van der Waals surface area contributed by atoms with Gasteiger partial charge in [-0.15, -0.1) is 0 Å². The van der Waals surface area contributed by atoms with Crippen molar-refractivity contribution in [1.29, 1.82) is 0 Å². The van der Waals surface area contributed by atoms with E-state index in [0.29, 0.717) is 19.0 Å². The van der Waals surface area contributed by atoms with Gasteiger partial charge in [-0.3, -0.25) is 4.99 Å². The van der Waals surface area contributed by atoms with Crippen molar-refractivity contribution in [1.82, 2.24) is 15.5 Å². The fourth-order valence-corrected chi connectivity index (χ4v) is 3.42. The number of piperidine rings is 1. The maximum absolute atomic E-state index is 12.3. The van der Waals surface area contributed by atoms with Gasteiger partial charge in [-0.2, -0.15) is 0 Å². The highest BCUT2D eigenvalue weighted by Crippen LogP contribution is 2.32. The molecule has 1 saturated heterocycles. The third kappa shape index (κ3) is 6.17. The number of amides is 1. The summed E-state index contributed by atoms with van der Waals surface area (Å²) in [6.07, 6.45) is 1.83. The molecule has 2 N–H and O–H groups in total. The molecular formula is C21H32N4O4. The first kappa shape index (κ1) is 21.1. The summed E-state index contributed by atoms with van der Waals surface area (Å²) in [4.78, 5) is 18.4. The molecule has 0 aromatic heterocycles. The number of rotatable bonds is 4. The summed E-state index contributed by atoms with van der Waals surface area (Å²) in [7, 11) is 1.75. The second-order valence-electron chi connectivity index (χ2n) is 8.43. The van der Waals surface area contributed by atoms with Crippen molar-refractivity contribution in [2.45, 2.75) is 45.8 Å². The van der Waals surface area contributed by atoms with Crippen molar-refractivity contribution < 1.29 is 19.0 Å². The molecular weight excluding hydrogens is 372 g/mol. The number of nitrogens with zero attached hydrogens (tertiary/aromatic N) is 2. The first-order chi connectivity index (χ1) is 13.8. The predicted molar refractivity (Wildman–Crippen MR) is 111 cm³/mol. The molecule has 2 aliphatic heterocycles. The highest BCUT2D eigenvalue weighted by atomic mass is 16.7. The highest BCUT2D eigenvalue weighted by Gasteiger charge is 2.27. The summed E-state index contributed by atoms with van der Waals surface area (Å²) in [6.45, 7) is 8.78. The zero-order valence-electron chi connectivity index (χ0n) is 17.8. The minimum Gasteiger partial charge on any atom is -0.454 e. The molecule has 0 bridgehead atoms. The first-order valence-corrected chi connectivity index (χ1v) is 10.1. The number of ether oxygens (including phenoxy) is 3. The van der Waals surface area contributed by atoms with Crippen molar-refractivity contribution >= 4 is 12.1 Å². The van der Waals surface area contributed by atoms with Gasteiger partial charge in [-0.1, -0.05) is 6.07 Å². The van der Waals surface area contributed by atoms with Crippen LogP contribution in [0.5, 0.6) is 11.5 Å². The molecule has 0 saturated carbocycles. The first-order valence-electron chi connectivity index (χ1n) is 10.1. The molecule has 1 unspecified atom stereocenters.